The fourth-order valence-corrected chi connectivity index (χ4v) is 2.78. The molecule has 1 aliphatic rings. The summed E-state index contributed by atoms with van der Waals surface area (Å²) in [4.78, 5) is 14.4. The topological polar surface area (TPSA) is 40.5 Å². The molecule has 0 aromatic heterocycles. The zero-order valence-electron chi connectivity index (χ0n) is 10.8. The summed E-state index contributed by atoms with van der Waals surface area (Å²) in [5.41, 5.74) is -0.126. The van der Waals surface area contributed by atoms with Crippen LogP contribution in [-0.2, 0) is 4.79 Å². The predicted octanol–water partition coefficient (Wildman–Crippen LogP) is 2.19. The lowest BCUT2D eigenvalue weighted by atomic mass is 9.81. The first-order valence-electron chi connectivity index (χ1n) is 6.49. The van der Waals surface area contributed by atoms with Crippen molar-refractivity contribution >= 4 is 5.91 Å². The molecule has 0 radical (unpaired) electrons. The van der Waals surface area contributed by atoms with Gasteiger partial charge in [-0.25, -0.2) is 0 Å². The lowest BCUT2D eigenvalue weighted by Gasteiger charge is -2.36. The Morgan fingerprint density at radius 1 is 1.38 bits per heavy atom. The largest absolute Gasteiger partial charge is 0.395 e. The molecule has 1 fully saturated rings. The maximum atomic E-state index is 12.5. The van der Waals surface area contributed by atoms with E-state index in [-0.39, 0.29) is 24.0 Å². The minimum Gasteiger partial charge on any atom is -0.395 e. The number of hydrogen-bond acceptors (Lipinski definition) is 2. The van der Waals surface area contributed by atoms with Crippen LogP contribution in [0.2, 0.25) is 0 Å². The first-order valence-corrected chi connectivity index (χ1v) is 6.49. The van der Waals surface area contributed by atoms with Crippen LogP contribution in [0.3, 0.4) is 0 Å². The molecule has 1 saturated carbocycles. The second kappa shape index (κ2) is 5.67. The van der Waals surface area contributed by atoms with Gasteiger partial charge in [-0.1, -0.05) is 19.8 Å². The van der Waals surface area contributed by atoms with Crippen molar-refractivity contribution in [3.63, 3.8) is 0 Å². The fraction of sp³-hybridized carbons (Fsp3) is 0.923. The molecule has 0 unspecified atom stereocenters. The van der Waals surface area contributed by atoms with E-state index in [2.05, 4.69) is 6.92 Å². The van der Waals surface area contributed by atoms with Gasteiger partial charge in [-0.15, -0.1) is 0 Å². The van der Waals surface area contributed by atoms with Crippen LogP contribution in [-0.4, -0.2) is 35.1 Å². The molecule has 16 heavy (non-hydrogen) atoms. The summed E-state index contributed by atoms with van der Waals surface area (Å²) in [7, 11) is 0. The summed E-state index contributed by atoms with van der Waals surface area (Å²) >= 11 is 0. The van der Waals surface area contributed by atoms with Gasteiger partial charge in [-0.3, -0.25) is 4.79 Å². The molecule has 0 heterocycles. The van der Waals surface area contributed by atoms with E-state index in [1.54, 1.807) is 0 Å². The third-order valence-corrected chi connectivity index (χ3v) is 3.92. The van der Waals surface area contributed by atoms with Crippen LogP contribution in [0.15, 0.2) is 0 Å². The number of nitrogens with zero attached hydrogens (tertiary/aromatic N) is 1. The van der Waals surface area contributed by atoms with E-state index >= 15 is 0 Å². The highest BCUT2D eigenvalue weighted by atomic mass is 16.3. The molecule has 0 aliphatic heterocycles. The molecular formula is C13H25NO2. The number of hydrogen-bond donors (Lipinski definition) is 1. The molecule has 0 aromatic carbocycles. The van der Waals surface area contributed by atoms with Crippen LogP contribution in [0.5, 0.6) is 0 Å². The SMILES string of the molecule is CCC1(C(=O)N(CCO)C(C)C)CCCC1. The number of rotatable bonds is 5. The summed E-state index contributed by atoms with van der Waals surface area (Å²) < 4.78 is 0. The van der Waals surface area contributed by atoms with E-state index in [0.717, 1.165) is 19.3 Å². The van der Waals surface area contributed by atoms with Gasteiger partial charge < -0.3 is 10.0 Å². The molecule has 1 rings (SSSR count). The van der Waals surface area contributed by atoms with E-state index in [4.69, 9.17) is 5.11 Å². The molecular weight excluding hydrogens is 202 g/mol. The second-order valence-corrected chi connectivity index (χ2v) is 5.16. The van der Waals surface area contributed by atoms with Crippen molar-refractivity contribution in [2.24, 2.45) is 5.41 Å². The molecule has 3 heteroatoms. The van der Waals surface area contributed by atoms with Crippen LogP contribution in [0.4, 0.5) is 0 Å². The standard InChI is InChI=1S/C13H25NO2/c1-4-13(7-5-6-8-13)12(16)14(9-10-15)11(2)3/h11,15H,4-10H2,1-3H3. The summed E-state index contributed by atoms with van der Waals surface area (Å²) in [5, 5.41) is 9.04. The van der Waals surface area contributed by atoms with Crippen molar-refractivity contribution in [2.45, 2.75) is 58.9 Å². The lowest BCUT2D eigenvalue weighted by Crippen LogP contribution is -2.47. The first-order chi connectivity index (χ1) is 7.57. The highest BCUT2D eigenvalue weighted by molar-refractivity contribution is 5.83. The van der Waals surface area contributed by atoms with Crippen molar-refractivity contribution in [3.8, 4) is 0 Å². The van der Waals surface area contributed by atoms with Crippen molar-refractivity contribution < 1.29 is 9.90 Å². The Kier molecular flexibility index (Phi) is 4.78. The zero-order valence-corrected chi connectivity index (χ0v) is 10.8. The van der Waals surface area contributed by atoms with Gasteiger partial charge in [0.05, 0.1) is 6.61 Å². The maximum Gasteiger partial charge on any atom is 0.229 e. The average molecular weight is 227 g/mol. The molecule has 0 saturated heterocycles. The number of carbonyl (C=O) groups excluding carboxylic acids is 1. The van der Waals surface area contributed by atoms with Crippen molar-refractivity contribution in [3.05, 3.63) is 0 Å². The highest BCUT2D eigenvalue weighted by Crippen LogP contribution is 2.42. The van der Waals surface area contributed by atoms with Gasteiger partial charge >= 0.3 is 0 Å². The van der Waals surface area contributed by atoms with Crippen LogP contribution < -0.4 is 0 Å². The van der Waals surface area contributed by atoms with Crippen molar-refractivity contribution in [2.75, 3.05) is 13.2 Å². The molecule has 0 aromatic rings. The monoisotopic (exact) mass is 227 g/mol. The fourth-order valence-electron chi connectivity index (χ4n) is 2.78. The second-order valence-electron chi connectivity index (χ2n) is 5.16. The normalized spacial score (nSPS) is 19.1. The number of carbonyl (C=O) groups is 1. The Hall–Kier alpha value is -0.570. The number of aliphatic hydroxyl groups is 1. The Bertz CT molecular complexity index is 232. The summed E-state index contributed by atoms with van der Waals surface area (Å²) in [6, 6.07) is 0.184. The van der Waals surface area contributed by atoms with Crippen LogP contribution in [0, 0.1) is 5.41 Å². The van der Waals surface area contributed by atoms with Crippen LogP contribution in [0.1, 0.15) is 52.9 Å². The maximum absolute atomic E-state index is 12.5. The minimum absolute atomic E-state index is 0.0592. The number of amides is 1. The smallest absolute Gasteiger partial charge is 0.229 e. The average Bonchev–Trinajstić information content (AvgIpc) is 2.74. The van der Waals surface area contributed by atoms with Crippen LogP contribution in [0.25, 0.3) is 0 Å². The van der Waals surface area contributed by atoms with Crippen molar-refractivity contribution in [1.29, 1.82) is 0 Å². The van der Waals surface area contributed by atoms with Crippen molar-refractivity contribution in [1.82, 2.24) is 4.90 Å². The zero-order chi connectivity index (χ0) is 12.2. The van der Waals surface area contributed by atoms with E-state index in [1.807, 2.05) is 18.7 Å². The van der Waals surface area contributed by atoms with E-state index < -0.39 is 0 Å². The number of aliphatic hydroxyl groups excluding tert-OH is 1. The molecule has 1 amide bonds. The Balaban J connectivity index is 2.79. The quantitative estimate of drug-likeness (QED) is 0.782. The third-order valence-electron chi connectivity index (χ3n) is 3.92. The van der Waals surface area contributed by atoms with Gasteiger partial charge in [-0.05, 0) is 33.1 Å². The molecule has 3 nitrogen and oxygen atoms in total. The van der Waals surface area contributed by atoms with E-state index in [9.17, 15) is 4.79 Å². The van der Waals surface area contributed by atoms with Gasteiger partial charge in [0.2, 0.25) is 5.91 Å². The van der Waals surface area contributed by atoms with E-state index in [0.29, 0.717) is 6.54 Å². The van der Waals surface area contributed by atoms with E-state index in [1.165, 1.54) is 12.8 Å². The Labute approximate surface area is 98.8 Å². The van der Waals surface area contributed by atoms with Gasteiger partial charge in [0.1, 0.15) is 0 Å². The molecule has 1 aliphatic carbocycles. The molecule has 0 atom stereocenters. The summed E-state index contributed by atoms with van der Waals surface area (Å²) in [5.74, 6) is 0.261. The van der Waals surface area contributed by atoms with Gasteiger partial charge in [0.25, 0.3) is 0 Å². The van der Waals surface area contributed by atoms with Gasteiger partial charge in [0.15, 0.2) is 0 Å². The summed E-state index contributed by atoms with van der Waals surface area (Å²) in [6.45, 7) is 6.68. The lowest BCUT2D eigenvalue weighted by molar-refractivity contribution is -0.144. The molecule has 1 N–H and O–H groups in total. The molecule has 94 valence electrons. The highest BCUT2D eigenvalue weighted by Gasteiger charge is 2.42. The van der Waals surface area contributed by atoms with Crippen LogP contribution >= 0.6 is 0 Å². The first kappa shape index (κ1) is 13.5. The summed E-state index contributed by atoms with van der Waals surface area (Å²) in [6.07, 6.45) is 5.32. The minimum atomic E-state index is -0.126. The molecule has 0 bridgehead atoms. The Morgan fingerprint density at radius 3 is 2.31 bits per heavy atom. The molecule has 0 spiro atoms. The third kappa shape index (κ3) is 2.57. The Morgan fingerprint density at radius 2 is 1.94 bits per heavy atom. The van der Waals surface area contributed by atoms with Gasteiger partial charge in [0, 0.05) is 18.0 Å². The predicted molar refractivity (Wildman–Crippen MR) is 65.1 cm³/mol. The van der Waals surface area contributed by atoms with Gasteiger partial charge in [-0.2, -0.15) is 0 Å².